The summed E-state index contributed by atoms with van der Waals surface area (Å²) >= 11 is 0. The number of hydrogen-bond acceptors (Lipinski definition) is 3. The standard InChI is InChI=1S/C14H15NO2/c1-2-6-12(14-9-5-10-17-14)15-11-7-3-4-8-13(11)16/h2-5,7-10,12,15-16H,1,6H2/t12-/m1/s1. The maximum Gasteiger partial charge on any atom is 0.138 e. The molecule has 0 fully saturated rings. The van der Waals surface area contributed by atoms with E-state index in [9.17, 15) is 5.11 Å². The van der Waals surface area contributed by atoms with E-state index in [1.54, 1.807) is 18.4 Å². The quantitative estimate of drug-likeness (QED) is 0.606. The van der Waals surface area contributed by atoms with Gasteiger partial charge in [0.05, 0.1) is 18.0 Å². The van der Waals surface area contributed by atoms with Gasteiger partial charge >= 0.3 is 0 Å². The third-order valence-corrected chi connectivity index (χ3v) is 2.52. The minimum atomic E-state index is -0.0178. The Labute approximate surface area is 100 Å². The highest BCUT2D eigenvalue weighted by molar-refractivity contribution is 5.56. The molecular weight excluding hydrogens is 214 g/mol. The van der Waals surface area contributed by atoms with Crippen LogP contribution in [0.4, 0.5) is 5.69 Å². The number of phenols is 1. The maximum atomic E-state index is 9.71. The van der Waals surface area contributed by atoms with Crippen molar-refractivity contribution in [3.05, 3.63) is 61.1 Å². The van der Waals surface area contributed by atoms with Gasteiger partial charge in [-0.1, -0.05) is 18.2 Å². The zero-order valence-corrected chi connectivity index (χ0v) is 9.47. The molecule has 0 aliphatic carbocycles. The first-order valence-electron chi connectivity index (χ1n) is 5.50. The molecule has 1 aromatic heterocycles. The highest BCUT2D eigenvalue weighted by Crippen LogP contribution is 2.28. The van der Waals surface area contributed by atoms with Crippen molar-refractivity contribution >= 4 is 5.69 Å². The van der Waals surface area contributed by atoms with E-state index in [1.165, 1.54) is 0 Å². The molecule has 0 spiro atoms. The van der Waals surface area contributed by atoms with Crippen LogP contribution in [0.2, 0.25) is 0 Å². The second-order valence-electron chi connectivity index (χ2n) is 3.75. The van der Waals surface area contributed by atoms with Gasteiger partial charge in [-0.2, -0.15) is 0 Å². The van der Waals surface area contributed by atoms with Crippen LogP contribution in [0.25, 0.3) is 0 Å². The van der Waals surface area contributed by atoms with Crippen LogP contribution in [0.15, 0.2) is 59.7 Å². The molecule has 0 bridgehead atoms. The fourth-order valence-electron chi connectivity index (χ4n) is 1.69. The van der Waals surface area contributed by atoms with E-state index in [-0.39, 0.29) is 11.8 Å². The van der Waals surface area contributed by atoms with Gasteiger partial charge in [0.1, 0.15) is 11.5 Å². The molecule has 17 heavy (non-hydrogen) atoms. The van der Waals surface area contributed by atoms with E-state index in [4.69, 9.17) is 4.42 Å². The molecule has 0 radical (unpaired) electrons. The minimum absolute atomic E-state index is 0.0178. The minimum Gasteiger partial charge on any atom is -0.506 e. The summed E-state index contributed by atoms with van der Waals surface area (Å²) in [5.41, 5.74) is 0.691. The summed E-state index contributed by atoms with van der Waals surface area (Å²) in [6.45, 7) is 3.73. The van der Waals surface area contributed by atoms with Gasteiger partial charge in [-0.15, -0.1) is 6.58 Å². The highest BCUT2D eigenvalue weighted by Gasteiger charge is 2.13. The molecule has 2 rings (SSSR count). The predicted octanol–water partition coefficient (Wildman–Crippen LogP) is 3.71. The zero-order valence-electron chi connectivity index (χ0n) is 9.47. The second-order valence-corrected chi connectivity index (χ2v) is 3.75. The molecule has 1 aromatic carbocycles. The molecule has 0 saturated carbocycles. The molecule has 0 amide bonds. The van der Waals surface area contributed by atoms with Gasteiger partial charge < -0.3 is 14.8 Å². The summed E-state index contributed by atoms with van der Waals surface area (Å²) in [6, 6.07) is 10.9. The average molecular weight is 229 g/mol. The average Bonchev–Trinajstić information content (AvgIpc) is 2.85. The lowest BCUT2D eigenvalue weighted by Crippen LogP contribution is -2.09. The lowest BCUT2D eigenvalue weighted by atomic mass is 10.1. The largest absolute Gasteiger partial charge is 0.506 e. The van der Waals surface area contributed by atoms with Crippen molar-refractivity contribution in [2.24, 2.45) is 0 Å². The first-order chi connectivity index (χ1) is 8.31. The summed E-state index contributed by atoms with van der Waals surface area (Å²) in [7, 11) is 0. The van der Waals surface area contributed by atoms with Crippen LogP contribution in [0, 0.1) is 0 Å². The van der Waals surface area contributed by atoms with Crippen molar-refractivity contribution in [2.75, 3.05) is 5.32 Å². The van der Waals surface area contributed by atoms with Crippen molar-refractivity contribution in [1.29, 1.82) is 0 Å². The Morgan fingerprint density at radius 2 is 2.12 bits per heavy atom. The first kappa shape index (κ1) is 11.3. The lowest BCUT2D eigenvalue weighted by Gasteiger charge is -2.17. The molecular formula is C14H15NO2. The highest BCUT2D eigenvalue weighted by atomic mass is 16.3. The number of para-hydroxylation sites is 2. The number of benzene rings is 1. The van der Waals surface area contributed by atoms with Gasteiger partial charge in [-0.3, -0.25) is 0 Å². The molecule has 88 valence electrons. The van der Waals surface area contributed by atoms with Gasteiger partial charge in [0, 0.05) is 0 Å². The van der Waals surface area contributed by atoms with E-state index >= 15 is 0 Å². The van der Waals surface area contributed by atoms with Crippen molar-refractivity contribution in [2.45, 2.75) is 12.5 Å². The Hall–Kier alpha value is -2.16. The Morgan fingerprint density at radius 3 is 2.76 bits per heavy atom. The van der Waals surface area contributed by atoms with Gasteiger partial charge in [-0.25, -0.2) is 0 Å². The maximum absolute atomic E-state index is 9.71. The fraction of sp³-hybridized carbons (Fsp3) is 0.143. The van der Waals surface area contributed by atoms with Crippen molar-refractivity contribution in [1.82, 2.24) is 0 Å². The van der Waals surface area contributed by atoms with Gasteiger partial charge in [-0.05, 0) is 30.7 Å². The molecule has 0 aliphatic heterocycles. The molecule has 0 saturated heterocycles. The fourth-order valence-corrected chi connectivity index (χ4v) is 1.69. The first-order valence-corrected chi connectivity index (χ1v) is 5.50. The summed E-state index contributed by atoms with van der Waals surface area (Å²) in [5.74, 6) is 1.06. The predicted molar refractivity (Wildman–Crippen MR) is 68.0 cm³/mol. The van der Waals surface area contributed by atoms with Crippen LogP contribution >= 0.6 is 0 Å². The van der Waals surface area contributed by atoms with Crippen LogP contribution in [0.3, 0.4) is 0 Å². The SMILES string of the molecule is C=CC[C@@H](Nc1ccccc1O)c1ccco1. The molecule has 0 unspecified atom stereocenters. The number of rotatable bonds is 5. The van der Waals surface area contributed by atoms with E-state index in [2.05, 4.69) is 11.9 Å². The molecule has 1 atom stereocenters. The van der Waals surface area contributed by atoms with Gasteiger partial charge in [0.2, 0.25) is 0 Å². The van der Waals surface area contributed by atoms with Gasteiger partial charge in [0.15, 0.2) is 0 Å². The zero-order chi connectivity index (χ0) is 12.1. The molecule has 2 N–H and O–H groups in total. The van der Waals surface area contributed by atoms with Crippen molar-refractivity contribution < 1.29 is 9.52 Å². The Morgan fingerprint density at radius 1 is 1.29 bits per heavy atom. The number of nitrogens with one attached hydrogen (secondary N) is 1. The van der Waals surface area contributed by atoms with Crippen LogP contribution in [-0.4, -0.2) is 5.11 Å². The second kappa shape index (κ2) is 5.25. The molecule has 0 aliphatic rings. The van der Waals surface area contributed by atoms with Crippen LogP contribution < -0.4 is 5.32 Å². The molecule has 1 heterocycles. The van der Waals surface area contributed by atoms with E-state index < -0.39 is 0 Å². The summed E-state index contributed by atoms with van der Waals surface area (Å²) < 4.78 is 5.37. The molecule has 3 heteroatoms. The summed E-state index contributed by atoms with van der Waals surface area (Å²) in [4.78, 5) is 0. The number of aromatic hydroxyl groups is 1. The van der Waals surface area contributed by atoms with Crippen LogP contribution in [0.1, 0.15) is 18.2 Å². The Bertz CT molecular complexity index is 477. The van der Waals surface area contributed by atoms with E-state index in [0.717, 1.165) is 12.2 Å². The normalized spacial score (nSPS) is 12.0. The number of anilines is 1. The van der Waals surface area contributed by atoms with Crippen molar-refractivity contribution in [3.8, 4) is 5.75 Å². The number of furan rings is 1. The third-order valence-electron chi connectivity index (χ3n) is 2.52. The topological polar surface area (TPSA) is 45.4 Å². The number of phenolic OH excluding ortho intramolecular Hbond substituents is 1. The van der Waals surface area contributed by atoms with Crippen LogP contribution in [0.5, 0.6) is 5.75 Å². The van der Waals surface area contributed by atoms with Crippen molar-refractivity contribution in [3.63, 3.8) is 0 Å². The molecule has 2 aromatic rings. The van der Waals surface area contributed by atoms with E-state index in [1.807, 2.05) is 30.3 Å². The Balaban J connectivity index is 2.19. The van der Waals surface area contributed by atoms with Gasteiger partial charge in [0.25, 0.3) is 0 Å². The number of hydrogen-bond donors (Lipinski definition) is 2. The monoisotopic (exact) mass is 229 g/mol. The lowest BCUT2D eigenvalue weighted by molar-refractivity contribution is 0.467. The van der Waals surface area contributed by atoms with Crippen LogP contribution in [-0.2, 0) is 0 Å². The smallest absolute Gasteiger partial charge is 0.138 e. The summed E-state index contributed by atoms with van der Waals surface area (Å²) in [6.07, 6.45) is 4.18. The Kier molecular flexibility index (Phi) is 3.50. The molecule has 3 nitrogen and oxygen atoms in total. The van der Waals surface area contributed by atoms with E-state index in [0.29, 0.717) is 5.69 Å². The third kappa shape index (κ3) is 2.69. The summed E-state index contributed by atoms with van der Waals surface area (Å²) in [5, 5.41) is 12.9.